The van der Waals surface area contributed by atoms with Gasteiger partial charge in [-0.2, -0.15) is 4.68 Å². The van der Waals surface area contributed by atoms with E-state index in [2.05, 4.69) is 20.8 Å². The van der Waals surface area contributed by atoms with E-state index in [4.69, 9.17) is 0 Å². The third-order valence-electron chi connectivity index (χ3n) is 3.86. The van der Waals surface area contributed by atoms with Gasteiger partial charge in [0, 0.05) is 17.7 Å². The molecule has 0 spiro atoms. The van der Waals surface area contributed by atoms with E-state index < -0.39 is 0 Å². The summed E-state index contributed by atoms with van der Waals surface area (Å²) in [5.41, 5.74) is 3.24. The molecule has 7 nitrogen and oxygen atoms in total. The van der Waals surface area contributed by atoms with Gasteiger partial charge >= 0.3 is 0 Å². The number of rotatable bonds is 7. The van der Waals surface area contributed by atoms with Gasteiger partial charge in [-0.1, -0.05) is 36.4 Å². The van der Waals surface area contributed by atoms with E-state index in [1.165, 1.54) is 11.8 Å². The van der Waals surface area contributed by atoms with Crippen molar-refractivity contribution in [3.8, 4) is 5.69 Å². The second-order valence-corrected chi connectivity index (χ2v) is 6.84. The van der Waals surface area contributed by atoms with Crippen molar-refractivity contribution >= 4 is 29.1 Å². The highest BCUT2D eigenvalue weighted by atomic mass is 32.2. The van der Waals surface area contributed by atoms with Crippen LogP contribution >= 0.6 is 11.8 Å². The number of aryl methyl sites for hydroxylation is 1. The number of hydrogen-bond acceptors (Lipinski definition) is 6. The van der Waals surface area contributed by atoms with E-state index in [-0.39, 0.29) is 17.4 Å². The number of aromatic nitrogens is 4. The number of hydrogen-bond donors (Lipinski definition) is 1. The van der Waals surface area contributed by atoms with Crippen molar-refractivity contribution in [1.29, 1.82) is 0 Å². The van der Waals surface area contributed by atoms with Crippen molar-refractivity contribution in [2.75, 3.05) is 11.1 Å². The number of nitrogens with zero attached hydrogens (tertiary/aromatic N) is 4. The molecular formula is C19H19N5O2S. The summed E-state index contributed by atoms with van der Waals surface area (Å²) in [6.45, 7) is 3.80. The fourth-order valence-corrected chi connectivity index (χ4v) is 3.10. The largest absolute Gasteiger partial charge is 0.326 e. The van der Waals surface area contributed by atoms with Gasteiger partial charge in [0.05, 0.1) is 11.4 Å². The van der Waals surface area contributed by atoms with Gasteiger partial charge in [0.2, 0.25) is 11.1 Å². The van der Waals surface area contributed by atoms with Gasteiger partial charge < -0.3 is 5.32 Å². The second-order valence-electron chi connectivity index (χ2n) is 5.90. The molecule has 27 heavy (non-hydrogen) atoms. The maximum atomic E-state index is 12.4. The van der Waals surface area contributed by atoms with Crippen LogP contribution in [0.3, 0.4) is 0 Å². The molecule has 1 aromatic heterocycles. The summed E-state index contributed by atoms with van der Waals surface area (Å²) >= 11 is 1.28. The third kappa shape index (κ3) is 4.79. The molecule has 0 atom stereocenters. The molecule has 138 valence electrons. The van der Waals surface area contributed by atoms with Crippen LogP contribution in [0.1, 0.15) is 29.3 Å². The summed E-state index contributed by atoms with van der Waals surface area (Å²) in [6.07, 6.45) is 0.410. The fraction of sp³-hybridized carbons (Fsp3) is 0.211. The zero-order valence-electron chi connectivity index (χ0n) is 15.0. The summed E-state index contributed by atoms with van der Waals surface area (Å²) in [7, 11) is 0. The van der Waals surface area contributed by atoms with Crippen LogP contribution in [0.4, 0.5) is 5.69 Å². The van der Waals surface area contributed by atoms with E-state index in [0.717, 1.165) is 11.3 Å². The van der Waals surface area contributed by atoms with E-state index >= 15 is 0 Å². The molecule has 0 saturated heterocycles. The molecule has 1 heterocycles. The fourth-order valence-electron chi connectivity index (χ4n) is 2.32. The number of benzene rings is 2. The number of thioether (sulfide) groups is 1. The number of carbonyl (C=O) groups is 2. The minimum Gasteiger partial charge on any atom is -0.326 e. The van der Waals surface area contributed by atoms with Gasteiger partial charge in [0.25, 0.3) is 0 Å². The van der Waals surface area contributed by atoms with Crippen LogP contribution in [0.5, 0.6) is 0 Å². The summed E-state index contributed by atoms with van der Waals surface area (Å²) < 4.78 is 1.61. The Hall–Kier alpha value is -3.00. The summed E-state index contributed by atoms with van der Waals surface area (Å²) in [5, 5.41) is 15.0. The molecule has 2 aromatic carbocycles. The van der Waals surface area contributed by atoms with Crippen LogP contribution in [0.15, 0.2) is 53.7 Å². The average molecular weight is 381 g/mol. The van der Waals surface area contributed by atoms with Crippen LogP contribution < -0.4 is 5.32 Å². The first-order chi connectivity index (χ1) is 13.1. The SMILES string of the molecule is CCC(=O)Nc1ccc(C(=O)CSc2nnnn2-c2ccc(C)cc2)cc1. The highest BCUT2D eigenvalue weighted by molar-refractivity contribution is 7.99. The molecule has 3 rings (SSSR count). The number of nitrogens with one attached hydrogen (secondary N) is 1. The second kappa shape index (κ2) is 8.59. The number of Topliss-reactive ketones (excluding diaryl/α,β-unsaturated/α-hetero) is 1. The van der Waals surface area contributed by atoms with Crippen molar-refractivity contribution < 1.29 is 9.59 Å². The molecule has 0 radical (unpaired) electrons. The number of amides is 1. The van der Waals surface area contributed by atoms with Crippen LogP contribution in [0.25, 0.3) is 5.69 Å². The average Bonchev–Trinajstić information content (AvgIpc) is 3.15. The molecule has 0 unspecified atom stereocenters. The zero-order valence-corrected chi connectivity index (χ0v) is 15.9. The van der Waals surface area contributed by atoms with Gasteiger partial charge in [0.1, 0.15) is 0 Å². The van der Waals surface area contributed by atoms with Crippen LogP contribution in [-0.4, -0.2) is 37.7 Å². The Labute approximate surface area is 161 Å². The molecule has 0 saturated carbocycles. The Morgan fingerprint density at radius 1 is 1.07 bits per heavy atom. The molecule has 0 aliphatic carbocycles. The Morgan fingerprint density at radius 3 is 2.44 bits per heavy atom. The summed E-state index contributed by atoms with van der Waals surface area (Å²) in [4.78, 5) is 23.8. The zero-order chi connectivity index (χ0) is 19.2. The molecule has 3 aromatic rings. The molecule has 0 fully saturated rings. The molecule has 0 bridgehead atoms. The molecule has 1 amide bonds. The van der Waals surface area contributed by atoms with E-state index in [9.17, 15) is 9.59 Å². The molecule has 0 aliphatic rings. The topological polar surface area (TPSA) is 89.8 Å². The maximum Gasteiger partial charge on any atom is 0.224 e. The number of anilines is 1. The minimum absolute atomic E-state index is 0.0353. The Kier molecular flexibility index (Phi) is 5.97. The first kappa shape index (κ1) is 18.8. The lowest BCUT2D eigenvalue weighted by atomic mass is 10.1. The van der Waals surface area contributed by atoms with Gasteiger partial charge in [-0.05, 0) is 53.7 Å². The lowest BCUT2D eigenvalue weighted by Crippen LogP contribution is -2.10. The lowest BCUT2D eigenvalue weighted by Gasteiger charge is -2.06. The predicted octanol–water partition coefficient (Wildman–Crippen LogP) is 3.29. The van der Waals surface area contributed by atoms with Crippen molar-refractivity contribution in [3.05, 3.63) is 59.7 Å². The first-order valence-electron chi connectivity index (χ1n) is 8.48. The van der Waals surface area contributed by atoms with Crippen LogP contribution in [-0.2, 0) is 4.79 Å². The van der Waals surface area contributed by atoms with Crippen molar-refractivity contribution in [2.24, 2.45) is 0 Å². The highest BCUT2D eigenvalue weighted by Crippen LogP contribution is 2.20. The van der Waals surface area contributed by atoms with Gasteiger partial charge in [-0.15, -0.1) is 5.10 Å². The third-order valence-corrected chi connectivity index (χ3v) is 4.78. The number of tetrazole rings is 1. The normalized spacial score (nSPS) is 10.6. The summed E-state index contributed by atoms with van der Waals surface area (Å²) in [5.74, 6) is 0.117. The van der Waals surface area contributed by atoms with E-state index in [1.807, 2.05) is 31.2 Å². The monoisotopic (exact) mass is 381 g/mol. The van der Waals surface area contributed by atoms with Crippen molar-refractivity contribution in [3.63, 3.8) is 0 Å². The number of ketones is 1. The smallest absolute Gasteiger partial charge is 0.224 e. The predicted molar refractivity (Wildman–Crippen MR) is 104 cm³/mol. The number of carbonyl (C=O) groups excluding carboxylic acids is 2. The standard InChI is InChI=1S/C19H19N5O2S/c1-3-18(26)20-15-8-6-14(7-9-15)17(25)12-27-19-21-22-23-24(19)16-10-4-13(2)5-11-16/h4-11H,3,12H2,1-2H3,(H,20,26). The van der Waals surface area contributed by atoms with Crippen LogP contribution in [0.2, 0.25) is 0 Å². The van der Waals surface area contributed by atoms with Crippen molar-refractivity contribution in [2.45, 2.75) is 25.4 Å². The highest BCUT2D eigenvalue weighted by Gasteiger charge is 2.13. The van der Waals surface area contributed by atoms with Gasteiger partial charge in [-0.25, -0.2) is 0 Å². The van der Waals surface area contributed by atoms with E-state index in [1.54, 1.807) is 35.9 Å². The van der Waals surface area contributed by atoms with Gasteiger partial charge in [0.15, 0.2) is 5.78 Å². The molecule has 1 N–H and O–H groups in total. The quantitative estimate of drug-likeness (QED) is 0.499. The Morgan fingerprint density at radius 2 is 1.78 bits per heavy atom. The minimum atomic E-state index is -0.0624. The molecule has 0 aliphatic heterocycles. The first-order valence-corrected chi connectivity index (χ1v) is 9.46. The van der Waals surface area contributed by atoms with E-state index in [0.29, 0.717) is 22.8 Å². The molecule has 8 heteroatoms. The van der Waals surface area contributed by atoms with Crippen molar-refractivity contribution in [1.82, 2.24) is 20.2 Å². The van der Waals surface area contributed by atoms with Crippen LogP contribution in [0, 0.1) is 6.92 Å². The molecular weight excluding hydrogens is 362 g/mol. The van der Waals surface area contributed by atoms with Gasteiger partial charge in [-0.3, -0.25) is 9.59 Å². The maximum absolute atomic E-state index is 12.4. The lowest BCUT2D eigenvalue weighted by molar-refractivity contribution is -0.115. The Balaban J connectivity index is 1.64. The summed E-state index contributed by atoms with van der Waals surface area (Å²) in [6, 6.07) is 14.7. The Bertz CT molecular complexity index is 935.